The van der Waals surface area contributed by atoms with Gasteiger partial charge >= 0.3 is 0 Å². The molecular formula is C10H7O9S3. The molecule has 0 aromatic heterocycles. The Bertz CT molecular complexity index is 1070. The lowest BCUT2D eigenvalue weighted by molar-refractivity contribution is 0.480. The van der Waals surface area contributed by atoms with Crippen LogP contribution >= 0.6 is 0 Å². The maximum atomic E-state index is 11.3. The van der Waals surface area contributed by atoms with Crippen LogP contribution in [0.2, 0.25) is 0 Å². The van der Waals surface area contributed by atoms with Crippen molar-refractivity contribution in [2.45, 2.75) is 14.7 Å². The fourth-order valence-electron chi connectivity index (χ4n) is 1.72. The van der Waals surface area contributed by atoms with Crippen LogP contribution in [0.15, 0.2) is 39.0 Å². The summed E-state index contributed by atoms with van der Waals surface area (Å²) in [5.74, 6) is 0. The van der Waals surface area contributed by atoms with E-state index in [4.69, 9.17) is 13.7 Å². The number of rotatable bonds is 3. The van der Waals surface area contributed by atoms with Crippen molar-refractivity contribution in [3.8, 4) is 0 Å². The van der Waals surface area contributed by atoms with Crippen molar-refractivity contribution in [2.24, 2.45) is 0 Å². The predicted octanol–water partition coefficient (Wildman–Crippen LogP) is 0.380. The molecule has 0 aliphatic heterocycles. The van der Waals surface area contributed by atoms with Crippen molar-refractivity contribution in [1.29, 1.82) is 0 Å². The van der Waals surface area contributed by atoms with E-state index in [0.29, 0.717) is 6.07 Å². The minimum atomic E-state index is -4.87. The van der Waals surface area contributed by atoms with Gasteiger partial charge in [0.15, 0.2) is 0 Å². The zero-order chi connectivity index (χ0) is 16.9. The highest BCUT2D eigenvalue weighted by atomic mass is 32.2. The highest BCUT2D eigenvalue weighted by Gasteiger charge is 2.22. The summed E-state index contributed by atoms with van der Waals surface area (Å²) in [5, 5.41) is -0.611. The summed E-state index contributed by atoms with van der Waals surface area (Å²) in [5.41, 5.74) is 0. The first kappa shape index (κ1) is 16.8. The van der Waals surface area contributed by atoms with Crippen LogP contribution < -0.4 is 0 Å². The van der Waals surface area contributed by atoms with Gasteiger partial charge in [-0.3, -0.25) is 13.7 Å². The number of hydrogen-bond acceptors (Lipinski definition) is 6. The van der Waals surface area contributed by atoms with Gasteiger partial charge in [-0.05, 0) is 23.6 Å². The van der Waals surface area contributed by atoms with Gasteiger partial charge in [-0.25, -0.2) is 0 Å². The van der Waals surface area contributed by atoms with Crippen LogP contribution in [0.3, 0.4) is 0 Å². The topological polar surface area (TPSA) is 163 Å². The van der Waals surface area contributed by atoms with Gasteiger partial charge in [-0.1, -0.05) is 6.07 Å². The van der Waals surface area contributed by atoms with E-state index >= 15 is 0 Å². The molecular weight excluding hydrogens is 360 g/mol. The Kier molecular flexibility index (Phi) is 3.80. The lowest BCUT2D eigenvalue weighted by Gasteiger charge is -2.07. The molecule has 119 valence electrons. The van der Waals surface area contributed by atoms with Crippen LogP contribution in [-0.4, -0.2) is 38.9 Å². The minimum Gasteiger partial charge on any atom is -0.282 e. The van der Waals surface area contributed by atoms with Gasteiger partial charge in [0.05, 0.1) is 4.90 Å². The summed E-state index contributed by atoms with van der Waals surface area (Å²) in [6, 6.07) is 5.11. The van der Waals surface area contributed by atoms with E-state index in [1.165, 1.54) is 0 Å². The molecule has 2 aromatic rings. The Morgan fingerprint density at radius 2 is 1.36 bits per heavy atom. The molecule has 0 aliphatic carbocycles. The monoisotopic (exact) mass is 367 g/mol. The first-order valence-electron chi connectivity index (χ1n) is 5.23. The third-order valence-corrected chi connectivity index (χ3v) is 5.15. The fraction of sp³-hybridized carbons (Fsp3) is 0. The molecule has 0 atom stereocenters. The molecule has 2 aromatic carbocycles. The quantitative estimate of drug-likeness (QED) is 0.650. The summed E-state index contributed by atoms with van der Waals surface area (Å²) < 4.78 is 94.0. The first-order valence-corrected chi connectivity index (χ1v) is 9.55. The molecule has 12 heteroatoms. The van der Waals surface area contributed by atoms with Gasteiger partial charge in [0.1, 0.15) is 9.79 Å². The normalized spacial score (nSPS) is 13.4. The zero-order valence-electron chi connectivity index (χ0n) is 10.3. The van der Waals surface area contributed by atoms with Gasteiger partial charge < -0.3 is 0 Å². The van der Waals surface area contributed by atoms with Crippen LogP contribution in [0.25, 0.3) is 10.8 Å². The maximum absolute atomic E-state index is 11.3. The van der Waals surface area contributed by atoms with Crippen molar-refractivity contribution in [2.75, 3.05) is 0 Å². The smallest absolute Gasteiger partial charge is 0.282 e. The van der Waals surface area contributed by atoms with E-state index in [-0.39, 0.29) is 10.8 Å². The Hall–Kier alpha value is -1.57. The largest absolute Gasteiger partial charge is 0.295 e. The third-order valence-electron chi connectivity index (χ3n) is 2.63. The van der Waals surface area contributed by atoms with E-state index in [9.17, 15) is 25.3 Å². The second-order valence-corrected chi connectivity index (χ2v) is 8.33. The van der Waals surface area contributed by atoms with Gasteiger partial charge in [-0.15, -0.1) is 0 Å². The van der Waals surface area contributed by atoms with Gasteiger partial charge in [0.2, 0.25) is 0 Å². The lowest BCUT2D eigenvalue weighted by Crippen LogP contribution is -2.05. The Labute approximate surface area is 125 Å². The minimum absolute atomic E-state index is 0.248. The van der Waals surface area contributed by atoms with Crippen LogP contribution in [0.5, 0.6) is 0 Å². The molecule has 3 N–H and O–H groups in total. The third kappa shape index (κ3) is 3.26. The van der Waals surface area contributed by atoms with Crippen molar-refractivity contribution in [3.05, 3.63) is 30.3 Å². The molecule has 22 heavy (non-hydrogen) atoms. The van der Waals surface area contributed by atoms with E-state index in [1.807, 2.05) is 0 Å². The Morgan fingerprint density at radius 1 is 0.773 bits per heavy atom. The summed E-state index contributed by atoms with van der Waals surface area (Å²) >= 11 is 0. The molecule has 0 aliphatic rings. The van der Waals surface area contributed by atoms with Crippen LogP contribution in [0.1, 0.15) is 0 Å². The van der Waals surface area contributed by atoms with E-state index < -0.39 is 45.0 Å². The molecule has 0 heterocycles. The Morgan fingerprint density at radius 3 is 1.82 bits per heavy atom. The number of benzene rings is 2. The van der Waals surface area contributed by atoms with Gasteiger partial charge in [0, 0.05) is 11.5 Å². The molecule has 0 amide bonds. The fourth-order valence-corrected chi connectivity index (χ4v) is 3.53. The van der Waals surface area contributed by atoms with Crippen molar-refractivity contribution in [1.82, 2.24) is 0 Å². The summed E-state index contributed by atoms with van der Waals surface area (Å²) in [6.45, 7) is 0. The number of hydrogen-bond donors (Lipinski definition) is 3. The van der Waals surface area contributed by atoms with Crippen molar-refractivity contribution >= 4 is 41.1 Å². The highest BCUT2D eigenvalue weighted by molar-refractivity contribution is 7.87. The van der Waals surface area contributed by atoms with Gasteiger partial charge in [-0.2, -0.15) is 25.3 Å². The van der Waals surface area contributed by atoms with Crippen LogP contribution in [0.4, 0.5) is 0 Å². The van der Waals surface area contributed by atoms with Crippen LogP contribution in [-0.2, 0) is 30.4 Å². The molecule has 1 radical (unpaired) electrons. The van der Waals surface area contributed by atoms with E-state index in [0.717, 1.165) is 18.2 Å². The first-order chi connectivity index (χ1) is 9.80. The summed E-state index contributed by atoms with van der Waals surface area (Å²) in [4.78, 5) is -2.50. The molecule has 0 saturated carbocycles. The second kappa shape index (κ2) is 4.97. The molecule has 0 bridgehead atoms. The Balaban J connectivity index is 3.02. The maximum Gasteiger partial charge on any atom is 0.295 e. The molecule has 0 saturated heterocycles. The second-order valence-electron chi connectivity index (χ2n) is 4.13. The lowest BCUT2D eigenvalue weighted by atomic mass is 10.1. The molecule has 2 rings (SSSR count). The SMILES string of the molecule is O=S(=O)(O)c1[c]c2cc(S(=O)(=O)O)ccc2c(S(=O)(=O)O)c1. The zero-order valence-corrected chi connectivity index (χ0v) is 12.8. The average Bonchev–Trinajstić information content (AvgIpc) is 2.33. The van der Waals surface area contributed by atoms with E-state index in [1.54, 1.807) is 0 Å². The molecule has 0 fully saturated rings. The molecule has 0 spiro atoms. The summed E-state index contributed by atoms with van der Waals surface area (Å²) in [7, 11) is -14.4. The predicted molar refractivity (Wildman–Crippen MR) is 72.2 cm³/mol. The average molecular weight is 367 g/mol. The van der Waals surface area contributed by atoms with Crippen molar-refractivity contribution in [3.63, 3.8) is 0 Å². The molecule has 0 unspecified atom stereocenters. The number of fused-ring (bicyclic) bond motifs is 1. The van der Waals surface area contributed by atoms with Crippen molar-refractivity contribution < 1.29 is 38.9 Å². The summed E-state index contributed by atoms with van der Waals surface area (Å²) in [6.07, 6.45) is 0. The van der Waals surface area contributed by atoms with E-state index in [2.05, 4.69) is 6.07 Å². The molecule has 9 nitrogen and oxygen atoms in total. The highest BCUT2D eigenvalue weighted by Crippen LogP contribution is 2.28. The standard InChI is InChI=1S/C10H7O9S3/c11-20(12,13)7-1-2-9-6(3-7)4-8(21(14,15)16)5-10(9)22(17,18)19/h1-3,5H,(H,11,12,13)(H,14,15,16)(H,17,18,19). The van der Waals surface area contributed by atoms with Gasteiger partial charge in [0.25, 0.3) is 30.4 Å². The van der Waals surface area contributed by atoms with Crippen LogP contribution in [0, 0.1) is 6.07 Å².